The lowest BCUT2D eigenvalue weighted by Gasteiger charge is -2.42. The average molecular weight is 397 g/mol. The van der Waals surface area contributed by atoms with Crippen LogP contribution in [0.25, 0.3) is 11.6 Å². The van der Waals surface area contributed by atoms with Crippen LogP contribution in [-0.2, 0) is 15.6 Å². The van der Waals surface area contributed by atoms with Crippen molar-refractivity contribution in [2.75, 3.05) is 6.61 Å². The normalized spacial score (nSPS) is 17.9. The third kappa shape index (κ3) is 3.96. The van der Waals surface area contributed by atoms with Gasteiger partial charge in [-0.3, -0.25) is 0 Å². The van der Waals surface area contributed by atoms with Gasteiger partial charge in [0.15, 0.2) is 0 Å². The highest BCUT2D eigenvalue weighted by Gasteiger charge is 2.37. The fraction of sp³-hybridized carbons (Fsp3) is 0.480. The van der Waals surface area contributed by atoms with E-state index in [-0.39, 0.29) is 16.8 Å². The summed E-state index contributed by atoms with van der Waals surface area (Å²) in [7, 11) is 0. The summed E-state index contributed by atoms with van der Waals surface area (Å²) in [6, 6.07) is 6.74. The summed E-state index contributed by atoms with van der Waals surface area (Å²) in [5.41, 5.74) is 7.90. The third-order valence-corrected chi connectivity index (χ3v) is 6.99. The predicted octanol–water partition coefficient (Wildman–Crippen LogP) is 7.14. The molecule has 0 radical (unpaired) electrons. The molecule has 0 unspecified atom stereocenters. The Morgan fingerprint density at radius 3 is 2.32 bits per heavy atom. The first kappa shape index (κ1) is 20.9. The van der Waals surface area contributed by atoms with Gasteiger partial charge in [-0.05, 0) is 84.4 Å². The molecular formula is C25H32O2S. The van der Waals surface area contributed by atoms with Crippen molar-refractivity contribution in [1.29, 1.82) is 0 Å². The first-order valence-corrected chi connectivity index (χ1v) is 11.0. The van der Waals surface area contributed by atoms with Crippen LogP contribution in [0.2, 0.25) is 0 Å². The highest BCUT2D eigenvalue weighted by Crippen LogP contribution is 2.47. The molecule has 1 aromatic heterocycles. The first-order chi connectivity index (χ1) is 13.0. The minimum atomic E-state index is -0.245. The Kier molecular flexibility index (Phi) is 5.60. The van der Waals surface area contributed by atoms with Crippen molar-refractivity contribution >= 4 is 29.0 Å². The van der Waals surface area contributed by atoms with Crippen molar-refractivity contribution in [3.05, 3.63) is 56.3 Å². The van der Waals surface area contributed by atoms with Gasteiger partial charge in [0.05, 0.1) is 12.2 Å². The molecule has 0 N–H and O–H groups in total. The van der Waals surface area contributed by atoms with E-state index in [1.807, 2.05) is 18.4 Å². The van der Waals surface area contributed by atoms with E-state index in [9.17, 15) is 4.79 Å². The number of carbonyl (C=O) groups is 1. The molecule has 2 aromatic rings. The Balaban J connectivity index is 2.00. The number of allylic oxidation sites excluding steroid dienone is 1. The van der Waals surface area contributed by atoms with Crippen LogP contribution in [0, 0.1) is 6.92 Å². The van der Waals surface area contributed by atoms with Crippen LogP contribution in [0.3, 0.4) is 0 Å². The monoisotopic (exact) mass is 396 g/mol. The summed E-state index contributed by atoms with van der Waals surface area (Å²) >= 11 is 1.58. The van der Waals surface area contributed by atoms with E-state index in [0.717, 1.165) is 4.88 Å². The minimum absolute atomic E-state index is 0.202. The molecule has 1 heterocycles. The zero-order valence-electron chi connectivity index (χ0n) is 18.2. The van der Waals surface area contributed by atoms with Gasteiger partial charge in [-0.15, -0.1) is 11.3 Å². The number of hydrogen-bond donors (Lipinski definition) is 0. The molecule has 150 valence electrons. The summed E-state index contributed by atoms with van der Waals surface area (Å²) in [6.45, 7) is 16.1. The number of esters is 1. The Labute approximate surface area is 173 Å². The van der Waals surface area contributed by atoms with Crippen LogP contribution >= 0.6 is 11.3 Å². The quantitative estimate of drug-likeness (QED) is 0.513. The topological polar surface area (TPSA) is 26.3 Å². The third-order valence-electron chi connectivity index (χ3n) is 6.11. The standard InChI is InChI=1S/C25H32O2S/c1-8-27-23(26)18-13-19(28-15-18)11-16(2)20-14-22-21(12-17(20)3)24(4,5)9-10-25(22,6)7/h11-15H,8-10H2,1-7H3. The number of hydrogen-bond acceptors (Lipinski definition) is 3. The van der Waals surface area contributed by atoms with Crippen molar-refractivity contribution in [3.63, 3.8) is 0 Å². The van der Waals surface area contributed by atoms with Crippen molar-refractivity contribution in [2.24, 2.45) is 0 Å². The molecule has 0 amide bonds. The number of benzene rings is 1. The van der Waals surface area contributed by atoms with E-state index in [1.165, 1.54) is 40.7 Å². The summed E-state index contributed by atoms with van der Waals surface area (Å²) in [5.74, 6) is -0.245. The van der Waals surface area contributed by atoms with Crippen molar-refractivity contribution in [2.45, 2.75) is 72.1 Å². The molecule has 3 heteroatoms. The highest BCUT2D eigenvalue weighted by atomic mass is 32.1. The molecule has 0 fully saturated rings. The second kappa shape index (κ2) is 7.51. The second-order valence-corrected chi connectivity index (χ2v) is 10.2. The second-order valence-electron chi connectivity index (χ2n) is 9.27. The van der Waals surface area contributed by atoms with Gasteiger partial charge in [-0.1, -0.05) is 39.8 Å². The maximum absolute atomic E-state index is 11.9. The van der Waals surface area contributed by atoms with Gasteiger partial charge in [-0.2, -0.15) is 0 Å². The fourth-order valence-corrected chi connectivity index (χ4v) is 5.06. The number of aryl methyl sites for hydroxylation is 1. The van der Waals surface area contributed by atoms with Gasteiger partial charge in [0.2, 0.25) is 0 Å². The number of rotatable bonds is 4. The van der Waals surface area contributed by atoms with Crippen molar-refractivity contribution in [3.8, 4) is 0 Å². The molecular weight excluding hydrogens is 364 g/mol. The molecule has 0 bridgehead atoms. The first-order valence-electron chi connectivity index (χ1n) is 10.1. The Morgan fingerprint density at radius 2 is 1.71 bits per heavy atom. The van der Waals surface area contributed by atoms with E-state index in [2.05, 4.69) is 59.8 Å². The summed E-state index contributed by atoms with van der Waals surface area (Å²) in [4.78, 5) is 13.0. The van der Waals surface area contributed by atoms with Gasteiger partial charge >= 0.3 is 5.97 Å². The van der Waals surface area contributed by atoms with E-state index in [1.54, 1.807) is 11.3 Å². The number of thiophene rings is 1. The average Bonchev–Trinajstić information content (AvgIpc) is 3.07. The SMILES string of the molecule is CCOC(=O)c1csc(C=C(C)c2cc3c(cc2C)C(C)(C)CCC3(C)C)c1. The summed E-state index contributed by atoms with van der Waals surface area (Å²) < 4.78 is 5.10. The lowest BCUT2D eigenvalue weighted by atomic mass is 9.62. The minimum Gasteiger partial charge on any atom is -0.462 e. The Hall–Kier alpha value is -1.87. The molecule has 1 aliphatic carbocycles. The number of carbonyl (C=O) groups excluding carboxylic acids is 1. The van der Waals surface area contributed by atoms with Crippen LogP contribution in [0.5, 0.6) is 0 Å². The van der Waals surface area contributed by atoms with Gasteiger partial charge < -0.3 is 4.74 Å². The molecule has 1 aromatic carbocycles. The molecule has 0 atom stereocenters. The Morgan fingerprint density at radius 1 is 1.11 bits per heavy atom. The van der Waals surface area contributed by atoms with Crippen LogP contribution in [-0.4, -0.2) is 12.6 Å². The van der Waals surface area contributed by atoms with Crippen molar-refractivity contribution < 1.29 is 9.53 Å². The maximum atomic E-state index is 11.9. The molecule has 0 spiro atoms. The zero-order valence-corrected chi connectivity index (χ0v) is 19.0. The lowest BCUT2D eigenvalue weighted by molar-refractivity contribution is 0.0527. The molecule has 0 saturated heterocycles. The van der Waals surface area contributed by atoms with Gasteiger partial charge in [0, 0.05) is 10.3 Å². The van der Waals surface area contributed by atoms with E-state index in [4.69, 9.17) is 4.74 Å². The van der Waals surface area contributed by atoms with Crippen LogP contribution < -0.4 is 0 Å². The van der Waals surface area contributed by atoms with E-state index in [0.29, 0.717) is 12.2 Å². The van der Waals surface area contributed by atoms with Crippen LogP contribution in [0.1, 0.15) is 91.9 Å². The van der Waals surface area contributed by atoms with Gasteiger partial charge in [0.1, 0.15) is 0 Å². The van der Waals surface area contributed by atoms with Gasteiger partial charge in [-0.25, -0.2) is 4.79 Å². The van der Waals surface area contributed by atoms with E-state index < -0.39 is 0 Å². The van der Waals surface area contributed by atoms with Gasteiger partial charge in [0.25, 0.3) is 0 Å². The highest BCUT2D eigenvalue weighted by molar-refractivity contribution is 7.11. The molecule has 0 aliphatic heterocycles. The smallest absolute Gasteiger partial charge is 0.338 e. The number of ether oxygens (including phenoxy) is 1. The molecule has 2 nitrogen and oxygen atoms in total. The zero-order chi connectivity index (χ0) is 20.7. The largest absolute Gasteiger partial charge is 0.462 e. The fourth-order valence-electron chi connectivity index (χ4n) is 4.19. The maximum Gasteiger partial charge on any atom is 0.338 e. The predicted molar refractivity (Wildman–Crippen MR) is 120 cm³/mol. The number of fused-ring (bicyclic) bond motifs is 1. The van der Waals surface area contributed by atoms with Crippen LogP contribution in [0.15, 0.2) is 23.6 Å². The Bertz CT molecular complexity index is 928. The lowest BCUT2D eigenvalue weighted by Crippen LogP contribution is -2.34. The molecule has 1 aliphatic rings. The summed E-state index contributed by atoms with van der Waals surface area (Å²) in [5, 5.41) is 1.88. The molecule has 3 rings (SSSR count). The van der Waals surface area contributed by atoms with Crippen LogP contribution in [0.4, 0.5) is 0 Å². The van der Waals surface area contributed by atoms with Crippen molar-refractivity contribution in [1.82, 2.24) is 0 Å². The molecule has 0 saturated carbocycles. The molecule has 28 heavy (non-hydrogen) atoms. The summed E-state index contributed by atoms with van der Waals surface area (Å²) in [6.07, 6.45) is 4.63. The van der Waals surface area contributed by atoms with E-state index >= 15 is 0 Å².